The number of piperidine rings is 1. The second-order valence-electron chi connectivity index (χ2n) is 16.9. The van der Waals surface area contributed by atoms with Gasteiger partial charge in [0.15, 0.2) is 0 Å². The third kappa shape index (κ3) is 7.56. The van der Waals surface area contributed by atoms with Crippen molar-refractivity contribution in [2.24, 2.45) is 11.3 Å². The molecule has 9 heteroatoms. The molecule has 3 fully saturated rings. The van der Waals surface area contributed by atoms with E-state index in [1.807, 2.05) is 13.1 Å². The minimum absolute atomic E-state index is 0.0876. The second kappa shape index (κ2) is 14.6. The molecule has 3 unspecified atom stereocenters. The van der Waals surface area contributed by atoms with Gasteiger partial charge in [-0.25, -0.2) is 4.98 Å². The third-order valence-electron chi connectivity index (χ3n) is 12.4. The van der Waals surface area contributed by atoms with Gasteiger partial charge in [0, 0.05) is 64.2 Å². The second-order valence-corrected chi connectivity index (χ2v) is 22.5. The van der Waals surface area contributed by atoms with Gasteiger partial charge in [0.05, 0.1) is 17.9 Å². The van der Waals surface area contributed by atoms with E-state index in [0.717, 1.165) is 95.3 Å². The number of rotatable bonds is 12. The minimum atomic E-state index is -1.25. The maximum atomic E-state index is 14.0. The molecule has 1 amide bonds. The number of imidazole rings is 1. The maximum absolute atomic E-state index is 14.0. The number of amides is 1. The van der Waals surface area contributed by atoms with Crippen LogP contribution in [-0.2, 0) is 21.1 Å². The molecular weight excluding hydrogens is 627 g/mol. The lowest BCUT2D eigenvalue weighted by Gasteiger charge is -2.32. The molecule has 0 radical (unpaired) electrons. The minimum Gasteiger partial charge on any atom is -0.361 e. The van der Waals surface area contributed by atoms with Gasteiger partial charge in [-0.05, 0) is 86.7 Å². The largest absolute Gasteiger partial charge is 0.361 e. The number of benzene rings is 1. The van der Waals surface area contributed by atoms with Crippen molar-refractivity contribution >= 4 is 19.8 Å². The van der Waals surface area contributed by atoms with Gasteiger partial charge in [0.25, 0.3) is 0 Å². The van der Waals surface area contributed by atoms with E-state index in [2.05, 4.69) is 69.7 Å². The van der Waals surface area contributed by atoms with Crippen molar-refractivity contribution in [1.29, 1.82) is 0 Å². The maximum Gasteiger partial charge on any atom is 0.224 e. The summed E-state index contributed by atoms with van der Waals surface area (Å²) in [5, 5.41) is 3.54. The van der Waals surface area contributed by atoms with E-state index in [1.165, 1.54) is 29.5 Å². The van der Waals surface area contributed by atoms with E-state index < -0.39 is 8.07 Å². The number of unbranched alkanes of at least 4 members (excludes halogenated alkanes) is 2. The molecule has 1 spiro atoms. The van der Waals surface area contributed by atoms with Crippen LogP contribution in [-0.4, -0.2) is 71.9 Å². The van der Waals surface area contributed by atoms with Crippen LogP contribution in [0.1, 0.15) is 113 Å². The Bertz CT molecular complexity index is 1540. The first-order valence-corrected chi connectivity index (χ1v) is 23.1. The molecule has 1 aromatic heterocycles. The average molecular weight is 686 g/mol. The third-order valence-corrected chi connectivity index (χ3v) is 14.1. The van der Waals surface area contributed by atoms with Gasteiger partial charge in [0.1, 0.15) is 18.3 Å². The summed E-state index contributed by atoms with van der Waals surface area (Å²) in [7, 11) is -1.25. The summed E-state index contributed by atoms with van der Waals surface area (Å²) < 4.78 is 8.69. The van der Waals surface area contributed by atoms with Crippen molar-refractivity contribution in [2.75, 3.05) is 32.8 Å². The molecule has 49 heavy (non-hydrogen) atoms. The van der Waals surface area contributed by atoms with Crippen LogP contribution in [0.25, 0.3) is 11.3 Å². The predicted octanol–water partition coefficient (Wildman–Crippen LogP) is 7.81. The van der Waals surface area contributed by atoms with Crippen molar-refractivity contribution in [3.05, 3.63) is 53.5 Å². The molecule has 1 saturated carbocycles. The highest BCUT2D eigenvalue weighted by atomic mass is 28.3. The lowest BCUT2D eigenvalue weighted by atomic mass is 9.90. The first-order chi connectivity index (χ1) is 23.7. The molecule has 8 rings (SSSR count). The average Bonchev–Trinajstić information content (AvgIpc) is 3.34. The summed E-state index contributed by atoms with van der Waals surface area (Å²) in [6.45, 7) is 14.4. The predicted molar refractivity (Wildman–Crippen MR) is 198 cm³/mol. The monoisotopic (exact) mass is 685 g/mol. The SMILES string of the molecule is CCC(=O)CCCCC[C@@H]1NC(=O)[C@H]2CC23CCN(CC=CCN2C4CCC2c2cc(ccc24)-c2cnc1n2COCC[Si](C)(C)C)CC3. The lowest BCUT2D eigenvalue weighted by Crippen LogP contribution is -2.38. The molecule has 5 atom stereocenters. The number of ketones is 1. The fraction of sp³-hybridized carbons (Fsp3) is 0.675. The van der Waals surface area contributed by atoms with Crippen LogP contribution in [0.2, 0.25) is 25.7 Å². The fourth-order valence-electron chi connectivity index (χ4n) is 9.12. The number of nitrogens with zero attached hydrogens (tertiary/aromatic N) is 4. The smallest absolute Gasteiger partial charge is 0.224 e. The van der Waals surface area contributed by atoms with Crippen LogP contribution in [0, 0.1) is 11.3 Å². The molecule has 5 aliphatic heterocycles. The summed E-state index contributed by atoms with van der Waals surface area (Å²) in [6.07, 6.45) is 17.3. The van der Waals surface area contributed by atoms with Gasteiger partial charge in [-0.1, -0.05) is 63.7 Å². The van der Waals surface area contributed by atoms with Crippen LogP contribution < -0.4 is 5.32 Å². The van der Waals surface area contributed by atoms with Crippen LogP contribution in [0.3, 0.4) is 0 Å². The zero-order valence-corrected chi connectivity index (χ0v) is 31.5. The highest BCUT2D eigenvalue weighted by molar-refractivity contribution is 6.76. The van der Waals surface area contributed by atoms with Gasteiger partial charge in [-0.2, -0.15) is 0 Å². The molecule has 9 bridgehead atoms. The molecule has 1 aliphatic carbocycles. The Kier molecular flexibility index (Phi) is 10.4. The van der Waals surface area contributed by atoms with Crippen LogP contribution in [0.4, 0.5) is 0 Å². The molecule has 6 heterocycles. The number of carbonyl (C=O) groups is 2. The van der Waals surface area contributed by atoms with Crippen molar-refractivity contribution in [2.45, 2.75) is 128 Å². The number of hydrogen-bond acceptors (Lipinski definition) is 6. The van der Waals surface area contributed by atoms with Crippen LogP contribution in [0.5, 0.6) is 0 Å². The van der Waals surface area contributed by atoms with Gasteiger partial charge >= 0.3 is 0 Å². The number of hydrogen-bond donors (Lipinski definition) is 1. The molecule has 1 N–H and O–H groups in total. The number of carbonyl (C=O) groups excluding carboxylic acids is 2. The van der Waals surface area contributed by atoms with Crippen LogP contribution in [0.15, 0.2) is 36.5 Å². The summed E-state index contributed by atoms with van der Waals surface area (Å²) in [5.41, 5.74) is 5.36. The highest BCUT2D eigenvalue weighted by Gasteiger charge is 2.58. The Morgan fingerprint density at radius 1 is 1.04 bits per heavy atom. The molecule has 2 saturated heterocycles. The standard InChI is InChI=1S/C40H59N5O3Si/c1-5-30(46)11-7-6-8-12-34-38-41-27-37(45(38)28-48-23-24-49(2,3)4)29-13-14-31-32(25-29)36-16-15-35(31)44(36)20-10-9-19-43-21-17-40(18-22-43)26-33(40)39(47)42-34/h9-10,13-14,25,27,33-36H,5-8,11-12,15-24,26,28H2,1-4H3,(H,42,47)/t33-,34+,35?,36?/m1/s1. The zero-order valence-electron chi connectivity index (χ0n) is 30.5. The first kappa shape index (κ1) is 34.8. The molecule has 2 aromatic rings. The number of nitrogens with one attached hydrogen (secondary N) is 1. The summed E-state index contributed by atoms with van der Waals surface area (Å²) in [6, 6.07) is 8.95. The molecule has 6 aliphatic rings. The summed E-state index contributed by atoms with van der Waals surface area (Å²) in [4.78, 5) is 36.4. The zero-order chi connectivity index (χ0) is 34.2. The summed E-state index contributed by atoms with van der Waals surface area (Å²) >= 11 is 0. The lowest BCUT2D eigenvalue weighted by molar-refractivity contribution is -0.124. The van der Waals surface area contributed by atoms with Gasteiger partial charge in [-0.15, -0.1) is 0 Å². The fourth-order valence-corrected chi connectivity index (χ4v) is 9.87. The highest BCUT2D eigenvalue weighted by Crippen LogP contribution is 2.59. The molecule has 8 nitrogen and oxygen atoms in total. The van der Waals surface area contributed by atoms with Crippen LogP contribution >= 0.6 is 0 Å². The van der Waals surface area contributed by atoms with E-state index in [-0.39, 0.29) is 23.3 Å². The quantitative estimate of drug-likeness (QED) is 0.140. The number of Topliss-reactive ketones (excluding diaryl/α,β-unsaturated/α-hetero) is 1. The van der Waals surface area contributed by atoms with Crippen molar-refractivity contribution in [3.63, 3.8) is 0 Å². The van der Waals surface area contributed by atoms with Crippen molar-refractivity contribution < 1.29 is 14.3 Å². The molecular formula is C40H59N5O3Si. The van der Waals surface area contributed by atoms with E-state index >= 15 is 0 Å². The summed E-state index contributed by atoms with van der Waals surface area (Å²) in [5.74, 6) is 1.51. The van der Waals surface area contributed by atoms with Gasteiger partial charge in [-0.3, -0.25) is 19.4 Å². The Morgan fingerprint density at radius 3 is 2.59 bits per heavy atom. The van der Waals surface area contributed by atoms with E-state index in [0.29, 0.717) is 37.4 Å². The first-order valence-electron chi connectivity index (χ1n) is 19.4. The number of fused-ring (bicyclic) bond motifs is 7. The Balaban J connectivity index is 1.21. The Morgan fingerprint density at radius 2 is 1.82 bits per heavy atom. The van der Waals surface area contributed by atoms with E-state index in [9.17, 15) is 9.59 Å². The van der Waals surface area contributed by atoms with Crippen molar-refractivity contribution in [1.82, 2.24) is 24.7 Å². The molecule has 266 valence electrons. The van der Waals surface area contributed by atoms with Gasteiger partial charge in [0.2, 0.25) is 5.91 Å². The number of ether oxygens (including phenoxy) is 1. The topological polar surface area (TPSA) is 79.7 Å². The Hall–Kier alpha value is -2.59. The van der Waals surface area contributed by atoms with E-state index in [1.54, 1.807) is 0 Å². The molecule has 1 aromatic carbocycles. The van der Waals surface area contributed by atoms with Crippen molar-refractivity contribution in [3.8, 4) is 11.3 Å². The van der Waals surface area contributed by atoms with E-state index in [4.69, 9.17) is 9.72 Å². The Labute approximate surface area is 295 Å². The number of aromatic nitrogens is 2. The normalized spacial score (nSPS) is 30.4. The van der Waals surface area contributed by atoms with Gasteiger partial charge < -0.3 is 14.6 Å².